The lowest BCUT2D eigenvalue weighted by molar-refractivity contribution is -0.166. The quantitative estimate of drug-likeness (QED) is 0.613. The van der Waals surface area contributed by atoms with E-state index in [1.807, 2.05) is 6.92 Å². The molecule has 0 radical (unpaired) electrons. The van der Waals surface area contributed by atoms with E-state index in [0.29, 0.717) is 23.0 Å². The van der Waals surface area contributed by atoms with Crippen LogP contribution < -0.4 is 0 Å². The normalized spacial score (nSPS) is 53.5. The Morgan fingerprint density at radius 2 is 1.62 bits per heavy atom. The second kappa shape index (κ2) is 8.81. The van der Waals surface area contributed by atoms with Gasteiger partial charge in [0.05, 0.1) is 18.3 Å². The zero-order chi connectivity index (χ0) is 22.1. The highest BCUT2D eigenvalue weighted by Gasteiger charge is 2.62. The lowest BCUT2D eigenvalue weighted by atomic mass is 9.44. The Morgan fingerprint density at radius 1 is 0.969 bits per heavy atom. The first-order chi connectivity index (χ1) is 14.6. The van der Waals surface area contributed by atoms with Crippen molar-refractivity contribution < 1.29 is 14.6 Å². The Bertz CT molecular complexity index is 707. The summed E-state index contributed by atoms with van der Waals surface area (Å²) in [7, 11) is 0. The van der Waals surface area contributed by atoms with Gasteiger partial charge in [0.2, 0.25) is 0 Å². The summed E-state index contributed by atoms with van der Waals surface area (Å²) < 4.78 is 6.00. The van der Waals surface area contributed by atoms with Crippen molar-refractivity contribution in [2.75, 3.05) is 13.1 Å². The molecular weight excluding hydrogens is 422 g/mol. The predicted octanol–water partition coefficient (Wildman–Crippen LogP) is 5.10. The number of Topliss-reactive ketones (excluding diaryl/α,β-unsaturated/α-hetero) is 1. The van der Waals surface area contributed by atoms with Crippen molar-refractivity contribution in [3.8, 4) is 0 Å². The van der Waals surface area contributed by atoms with E-state index in [0.717, 1.165) is 50.1 Å². The molecule has 5 rings (SSSR count). The molecule has 0 aromatic carbocycles. The van der Waals surface area contributed by atoms with Crippen LogP contribution in [0.5, 0.6) is 0 Å². The maximum absolute atomic E-state index is 12.4. The van der Waals surface area contributed by atoms with Crippen LogP contribution in [0.1, 0.15) is 86.0 Å². The summed E-state index contributed by atoms with van der Waals surface area (Å²) >= 11 is 0. The van der Waals surface area contributed by atoms with Gasteiger partial charge >= 0.3 is 0 Å². The second-order valence-corrected chi connectivity index (χ2v) is 12.7. The first-order valence-electron chi connectivity index (χ1n) is 13.2. The van der Waals surface area contributed by atoms with E-state index >= 15 is 0 Å². The van der Waals surface area contributed by atoms with Crippen LogP contribution in [-0.4, -0.2) is 53.2 Å². The van der Waals surface area contributed by atoms with Crippen molar-refractivity contribution in [1.82, 2.24) is 4.90 Å². The summed E-state index contributed by atoms with van der Waals surface area (Å²) in [6, 6.07) is 0.274. The van der Waals surface area contributed by atoms with Crippen LogP contribution in [0.15, 0.2) is 0 Å². The average Bonchev–Trinajstić information content (AvgIpc) is 3.05. The van der Waals surface area contributed by atoms with E-state index in [2.05, 4.69) is 32.6 Å². The minimum atomic E-state index is -0.199. The number of aliphatic hydroxyl groups is 1. The number of ketones is 1. The molecule has 4 aliphatic carbocycles. The molecule has 0 aromatic rings. The molecule has 1 heterocycles. The molecule has 0 bridgehead atoms. The minimum absolute atomic E-state index is 0. The van der Waals surface area contributed by atoms with Crippen LogP contribution in [0.3, 0.4) is 0 Å². The van der Waals surface area contributed by atoms with Crippen LogP contribution in [0.2, 0.25) is 0 Å². The fourth-order valence-electron chi connectivity index (χ4n) is 9.80. The third-order valence-electron chi connectivity index (χ3n) is 11.1. The number of hydrogen-bond donors (Lipinski definition) is 1. The van der Waals surface area contributed by atoms with Crippen LogP contribution in [0, 0.1) is 40.4 Å². The van der Waals surface area contributed by atoms with Crippen LogP contribution in [-0.2, 0) is 9.53 Å². The highest BCUT2D eigenvalue weighted by atomic mass is 35.5. The van der Waals surface area contributed by atoms with Crippen molar-refractivity contribution in [3.63, 3.8) is 0 Å². The minimum Gasteiger partial charge on any atom is -0.391 e. The molecule has 0 unspecified atom stereocenters. The zero-order valence-corrected chi connectivity index (χ0v) is 21.7. The van der Waals surface area contributed by atoms with Crippen molar-refractivity contribution in [2.45, 2.75) is 110 Å². The van der Waals surface area contributed by atoms with E-state index in [1.54, 1.807) is 0 Å². The second-order valence-electron chi connectivity index (χ2n) is 12.7. The zero-order valence-electron chi connectivity index (χ0n) is 20.9. The van der Waals surface area contributed by atoms with Crippen molar-refractivity contribution >= 4 is 18.2 Å². The molecule has 0 spiro atoms. The fraction of sp³-hybridized carbons (Fsp3) is 0.963. The molecule has 1 aliphatic heterocycles. The Hall–Kier alpha value is -0.160. The first kappa shape index (κ1) is 24.9. The summed E-state index contributed by atoms with van der Waals surface area (Å²) in [6.45, 7) is 13.1. The number of nitrogens with zero attached hydrogens (tertiary/aromatic N) is 1. The molecule has 1 N–H and O–H groups in total. The average molecular weight is 468 g/mol. The molecule has 4 saturated carbocycles. The molecule has 32 heavy (non-hydrogen) atoms. The van der Waals surface area contributed by atoms with E-state index in [9.17, 15) is 9.90 Å². The summed E-state index contributed by atoms with van der Waals surface area (Å²) in [5.41, 5.74) is 0.562. The Morgan fingerprint density at radius 3 is 2.28 bits per heavy atom. The molecule has 1 saturated heterocycles. The Kier molecular flexibility index (Phi) is 6.87. The van der Waals surface area contributed by atoms with Crippen LogP contribution in [0.25, 0.3) is 0 Å². The van der Waals surface area contributed by atoms with E-state index < -0.39 is 0 Å². The topological polar surface area (TPSA) is 49.8 Å². The number of carbonyl (C=O) groups is 1. The van der Waals surface area contributed by atoms with Gasteiger partial charge in [-0.2, -0.15) is 0 Å². The summed E-state index contributed by atoms with van der Waals surface area (Å²) in [4.78, 5) is 15.0. The van der Waals surface area contributed by atoms with Gasteiger partial charge in [-0.25, -0.2) is 0 Å². The molecule has 5 aliphatic rings. The van der Waals surface area contributed by atoms with Gasteiger partial charge in [0, 0.05) is 25.0 Å². The van der Waals surface area contributed by atoms with E-state index in [1.165, 1.54) is 32.1 Å². The Balaban J connectivity index is 0.00000245. The van der Waals surface area contributed by atoms with Gasteiger partial charge in [-0.3, -0.25) is 9.69 Å². The number of halogens is 1. The molecule has 184 valence electrons. The number of aliphatic hydroxyl groups excluding tert-OH is 1. The van der Waals surface area contributed by atoms with Crippen molar-refractivity contribution in [1.29, 1.82) is 0 Å². The number of rotatable bonds is 2. The summed E-state index contributed by atoms with van der Waals surface area (Å²) in [5, 5.41) is 11.2. The highest BCUT2D eigenvalue weighted by Crippen LogP contribution is 2.67. The van der Waals surface area contributed by atoms with Gasteiger partial charge in [0.15, 0.2) is 0 Å². The van der Waals surface area contributed by atoms with E-state index in [4.69, 9.17) is 4.74 Å². The van der Waals surface area contributed by atoms with Crippen LogP contribution in [0.4, 0.5) is 0 Å². The van der Waals surface area contributed by atoms with E-state index in [-0.39, 0.29) is 42.2 Å². The molecule has 0 amide bonds. The summed E-state index contributed by atoms with van der Waals surface area (Å²) in [6.07, 6.45) is 9.88. The third-order valence-corrected chi connectivity index (χ3v) is 11.1. The fourth-order valence-corrected chi connectivity index (χ4v) is 9.80. The molecular formula is C27H46ClNO3. The van der Waals surface area contributed by atoms with Crippen LogP contribution >= 0.6 is 12.4 Å². The standard InChI is InChI=1S/C27H45NO3.ClH/c1-16-14-28(15-17(2)31-16)24-13-27(5)19(12-25(24)30)6-7-20-22-9-8-21(18(3)29)26(22,4)11-10-23(20)27;/h16-17,19-25,30H,6-15H2,1-5H3;1H/t16-,17+,19-,20-,21+,22-,23-,24-,25-,26+,27-;/m0./s1. The number of ether oxygens (including phenoxy) is 1. The third kappa shape index (κ3) is 3.80. The first-order valence-corrected chi connectivity index (χ1v) is 13.2. The van der Waals surface area contributed by atoms with Gasteiger partial charge in [0.1, 0.15) is 5.78 Å². The molecule has 5 fully saturated rings. The SMILES string of the molecule is CC(=O)[C@H]1CC[C@H]2[C@@H]3CC[C@H]4C[C@H](O)[C@@H](N5C[C@@H](C)O[C@@H](C)C5)C[C@]4(C)[C@H]3CC[C@]12C.Cl. The smallest absolute Gasteiger partial charge is 0.133 e. The van der Waals surface area contributed by atoms with Gasteiger partial charge in [-0.15, -0.1) is 12.4 Å². The molecule has 4 nitrogen and oxygen atoms in total. The molecule has 11 atom stereocenters. The number of carbonyl (C=O) groups excluding carboxylic acids is 1. The highest BCUT2D eigenvalue weighted by molar-refractivity contribution is 5.85. The molecule has 5 heteroatoms. The van der Waals surface area contributed by atoms with Gasteiger partial charge in [0.25, 0.3) is 0 Å². The largest absolute Gasteiger partial charge is 0.391 e. The number of morpholine rings is 1. The van der Waals surface area contributed by atoms with Gasteiger partial charge < -0.3 is 9.84 Å². The Labute approximate surface area is 201 Å². The van der Waals surface area contributed by atoms with Crippen molar-refractivity contribution in [3.05, 3.63) is 0 Å². The predicted molar refractivity (Wildman–Crippen MR) is 130 cm³/mol. The lowest BCUT2D eigenvalue weighted by Crippen LogP contribution is -2.62. The van der Waals surface area contributed by atoms with Gasteiger partial charge in [-0.1, -0.05) is 13.8 Å². The lowest BCUT2D eigenvalue weighted by Gasteiger charge is -2.62. The molecule has 0 aromatic heterocycles. The monoisotopic (exact) mass is 467 g/mol. The maximum atomic E-state index is 12.4. The number of hydrogen-bond acceptors (Lipinski definition) is 4. The summed E-state index contributed by atoms with van der Waals surface area (Å²) in [5.74, 6) is 3.65. The van der Waals surface area contributed by atoms with Gasteiger partial charge in [-0.05, 0) is 107 Å². The number of fused-ring (bicyclic) bond motifs is 5. The van der Waals surface area contributed by atoms with Crippen molar-refractivity contribution in [2.24, 2.45) is 40.4 Å². The maximum Gasteiger partial charge on any atom is 0.133 e.